The van der Waals surface area contributed by atoms with Crippen LogP contribution >= 0.6 is 11.6 Å². The second-order valence-corrected chi connectivity index (χ2v) is 7.24. The molecule has 5 rings (SSSR count). The van der Waals surface area contributed by atoms with Gasteiger partial charge in [-0.3, -0.25) is 0 Å². The van der Waals surface area contributed by atoms with E-state index in [0.717, 1.165) is 38.9 Å². The lowest BCUT2D eigenvalue weighted by molar-refractivity contribution is 1.21. The highest BCUT2D eigenvalue weighted by atomic mass is 35.5. The van der Waals surface area contributed by atoms with E-state index >= 15 is 0 Å². The fraction of sp³-hybridized carbons (Fsp3) is 0.0417. The van der Waals surface area contributed by atoms with Gasteiger partial charge in [0, 0.05) is 16.5 Å². The van der Waals surface area contributed by atoms with Crippen molar-refractivity contribution in [3.63, 3.8) is 0 Å². The van der Waals surface area contributed by atoms with E-state index in [4.69, 9.17) is 21.6 Å². The summed E-state index contributed by atoms with van der Waals surface area (Å²) < 4.78 is 0. The molecule has 0 radical (unpaired) electrons. The first-order chi connectivity index (χ1) is 14.2. The first kappa shape index (κ1) is 17.6. The molecule has 2 aromatic heterocycles. The molecule has 2 heterocycles. The fourth-order valence-electron chi connectivity index (χ4n) is 3.43. The van der Waals surface area contributed by atoms with Crippen molar-refractivity contribution in [3.05, 3.63) is 89.6 Å². The van der Waals surface area contributed by atoms with Gasteiger partial charge >= 0.3 is 0 Å². The van der Waals surface area contributed by atoms with Gasteiger partial charge < -0.3 is 5.32 Å². The van der Waals surface area contributed by atoms with Gasteiger partial charge in [-0.05, 0) is 42.8 Å². The summed E-state index contributed by atoms with van der Waals surface area (Å²) in [5, 5.41) is 5.76. The molecule has 4 nitrogen and oxygen atoms in total. The minimum atomic E-state index is 0.396. The van der Waals surface area contributed by atoms with Crippen molar-refractivity contribution in [1.29, 1.82) is 0 Å². The van der Waals surface area contributed by atoms with E-state index in [1.807, 2.05) is 85.8 Å². The summed E-state index contributed by atoms with van der Waals surface area (Å²) in [5.74, 6) is 1.28. The quantitative estimate of drug-likeness (QED) is 0.351. The second-order valence-electron chi connectivity index (χ2n) is 6.88. The topological polar surface area (TPSA) is 50.7 Å². The lowest BCUT2D eigenvalue weighted by Gasteiger charge is -2.12. The van der Waals surface area contributed by atoms with Crippen LogP contribution in [0.2, 0.25) is 5.15 Å². The zero-order chi connectivity index (χ0) is 19.8. The Morgan fingerprint density at radius 2 is 1.59 bits per heavy atom. The minimum absolute atomic E-state index is 0.396. The maximum Gasteiger partial charge on any atom is 0.165 e. The number of para-hydroxylation sites is 3. The number of nitrogens with one attached hydrogen (secondary N) is 1. The molecule has 0 aliphatic rings. The predicted octanol–water partition coefficient (Wildman–Crippen LogP) is 6.55. The SMILES string of the molecule is Cc1cccc2cc(-c3nc(Nc4ccccc4)c4ccccc4n3)c(Cl)nc12. The van der Waals surface area contributed by atoms with Crippen LogP contribution in [0.4, 0.5) is 11.5 Å². The summed E-state index contributed by atoms with van der Waals surface area (Å²) in [6.45, 7) is 2.03. The van der Waals surface area contributed by atoms with Crippen molar-refractivity contribution >= 4 is 44.9 Å². The Bertz CT molecular complexity index is 1350. The van der Waals surface area contributed by atoms with Crippen LogP contribution in [0.1, 0.15) is 5.56 Å². The number of fused-ring (bicyclic) bond motifs is 2. The third-order valence-electron chi connectivity index (χ3n) is 4.88. The number of aromatic nitrogens is 3. The Labute approximate surface area is 173 Å². The summed E-state index contributed by atoms with van der Waals surface area (Å²) in [6.07, 6.45) is 0. The van der Waals surface area contributed by atoms with Gasteiger partial charge in [0.05, 0.1) is 16.6 Å². The molecule has 0 bridgehead atoms. The van der Waals surface area contributed by atoms with E-state index in [0.29, 0.717) is 16.5 Å². The van der Waals surface area contributed by atoms with Gasteiger partial charge in [0.1, 0.15) is 11.0 Å². The van der Waals surface area contributed by atoms with Crippen molar-refractivity contribution in [2.24, 2.45) is 0 Å². The average molecular weight is 397 g/mol. The first-order valence-electron chi connectivity index (χ1n) is 9.34. The summed E-state index contributed by atoms with van der Waals surface area (Å²) in [5.41, 5.74) is 4.50. The Kier molecular flexibility index (Phi) is 4.34. The molecule has 3 aromatic carbocycles. The van der Waals surface area contributed by atoms with Crippen LogP contribution in [0.3, 0.4) is 0 Å². The van der Waals surface area contributed by atoms with E-state index in [-0.39, 0.29) is 0 Å². The molecule has 0 saturated carbocycles. The van der Waals surface area contributed by atoms with Gasteiger partial charge in [0.25, 0.3) is 0 Å². The number of anilines is 2. The zero-order valence-corrected chi connectivity index (χ0v) is 16.5. The maximum atomic E-state index is 6.56. The van der Waals surface area contributed by atoms with Gasteiger partial charge in [-0.15, -0.1) is 0 Å². The lowest BCUT2D eigenvalue weighted by Crippen LogP contribution is -2.00. The summed E-state index contributed by atoms with van der Waals surface area (Å²) in [6, 6.07) is 26.0. The fourth-order valence-corrected chi connectivity index (χ4v) is 3.66. The van der Waals surface area contributed by atoms with Gasteiger partial charge in [-0.2, -0.15) is 0 Å². The van der Waals surface area contributed by atoms with E-state index < -0.39 is 0 Å². The van der Waals surface area contributed by atoms with E-state index in [9.17, 15) is 0 Å². The number of hydrogen-bond donors (Lipinski definition) is 1. The molecule has 0 saturated heterocycles. The molecule has 5 aromatic rings. The molecule has 0 fully saturated rings. The first-order valence-corrected chi connectivity index (χ1v) is 9.72. The van der Waals surface area contributed by atoms with E-state index in [1.165, 1.54) is 0 Å². The van der Waals surface area contributed by atoms with E-state index in [1.54, 1.807) is 0 Å². The van der Waals surface area contributed by atoms with Crippen molar-refractivity contribution in [1.82, 2.24) is 15.0 Å². The number of aryl methyl sites for hydroxylation is 1. The highest BCUT2D eigenvalue weighted by molar-refractivity contribution is 6.32. The third kappa shape index (κ3) is 3.28. The highest BCUT2D eigenvalue weighted by Gasteiger charge is 2.14. The molecule has 0 atom stereocenters. The van der Waals surface area contributed by atoms with Crippen LogP contribution in [0.15, 0.2) is 78.9 Å². The number of pyridine rings is 1. The van der Waals surface area contributed by atoms with E-state index in [2.05, 4.69) is 10.3 Å². The monoisotopic (exact) mass is 396 g/mol. The molecule has 1 N–H and O–H groups in total. The van der Waals surface area contributed by atoms with Crippen molar-refractivity contribution in [3.8, 4) is 11.4 Å². The van der Waals surface area contributed by atoms with Crippen molar-refractivity contribution in [2.75, 3.05) is 5.32 Å². The molecular weight excluding hydrogens is 380 g/mol. The van der Waals surface area contributed by atoms with Gasteiger partial charge in [0.2, 0.25) is 0 Å². The van der Waals surface area contributed by atoms with Crippen LogP contribution in [-0.2, 0) is 0 Å². The van der Waals surface area contributed by atoms with Crippen molar-refractivity contribution < 1.29 is 0 Å². The summed E-state index contributed by atoms with van der Waals surface area (Å²) in [4.78, 5) is 14.2. The molecule has 0 unspecified atom stereocenters. The standard InChI is InChI=1S/C24H17ClN4/c1-15-8-7-9-16-14-19(22(25)28-21(15)16)24-27-20-13-6-5-12-18(20)23(29-24)26-17-10-3-2-4-11-17/h2-14H,1H3,(H,26,27,29). The average Bonchev–Trinajstić information content (AvgIpc) is 2.75. The molecule has 0 spiro atoms. The minimum Gasteiger partial charge on any atom is -0.340 e. The Hall–Kier alpha value is -3.50. The molecule has 5 heteroatoms. The summed E-state index contributed by atoms with van der Waals surface area (Å²) in [7, 11) is 0. The van der Waals surface area contributed by atoms with Crippen molar-refractivity contribution in [2.45, 2.75) is 6.92 Å². The van der Waals surface area contributed by atoms with Crippen LogP contribution in [0, 0.1) is 6.92 Å². The zero-order valence-electron chi connectivity index (χ0n) is 15.7. The Morgan fingerprint density at radius 3 is 2.45 bits per heavy atom. The number of benzene rings is 3. The molecular formula is C24H17ClN4. The van der Waals surface area contributed by atoms with Crippen LogP contribution < -0.4 is 5.32 Å². The number of halogens is 1. The number of rotatable bonds is 3. The van der Waals surface area contributed by atoms with Gasteiger partial charge in [-0.1, -0.05) is 60.1 Å². The highest BCUT2D eigenvalue weighted by Crippen LogP contribution is 2.32. The lowest BCUT2D eigenvalue weighted by atomic mass is 10.1. The number of nitrogens with zero attached hydrogens (tertiary/aromatic N) is 3. The number of hydrogen-bond acceptors (Lipinski definition) is 4. The van der Waals surface area contributed by atoms with Crippen LogP contribution in [-0.4, -0.2) is 15.0 Å². The van der Waals surface area contributed by atoms with Crippen LogP contribution in [0.5, 0.6) is 0 Å². The predicted molar refractivity (Wildman–Crippen MR) is 120 cm³/mol. The molecule has 140 valence electrons. The molecule has 0 amide bonds. The maximum absolute atomic E-state index is 6.56. The Morgan fingerprint density at radius 1 is 0.793 bits per heavy atom. The molecule has 29 heavy (non-hydrogen) atoms. The third-order valence-corrected chi connectivity index (χ3v) is 5.17. The van der Waals surface area contributed by atoms with Gasteiger partial charge in [-0.25, -0.2) is 15.0 Å². The Balaban J connectivity index is 1.71. The second kappa shape index (κ2) is 7.15. The van der Waals surface area contributed by atoms with Gasteiger partial charge in [0.15, 0.2) is 5.82 Å². The molecule has 0 aliphatic carbocycles. The normalized spacial score (nSPS) is 11.1. The largest absolute Gasteiger partial charge is 0.340 e. The van der Waals surface area contributed by atoms with Crippen LogP contribution in [0.25, 0.3) is 33.2 Å². The molecule has 0 aliphatic heterocycles. The summed E-state index contributed by atoms with van der Waals surface area (Å²) >= 11 is 6.56. The smallest absolute Gasteiger partial charge is 0.165 e.